The Balaban J connectivity index is 2.95. The van der Waals surface area contributed by atoms with Crippen molar-refractivity contribution in [1.82, 2.24) is 0 Å². The van der Waals surface area contributed by atoms with Crippen molar-refractivity contribution in [2.75, 3.05) is 6.61 Å². The van der Waals surface area contributed by atoms with Gasteiger partial charge in [-0.2, -0.15) is 0 Å². The Kier molecular flexibility index (Phi) is 6.15. The van der Waals surface area contributed by atoms with Crippen LogP contribution in [0.1, 0.15) is 33.1 Å². The molecule has 1 aliphatic carbocycles. The van der Waals surface area contributed by atoms with Crippen LogP contribution in [0.4, 0.5) is 0 Å². The summed E-state index contributed by atoms with van der Waals surface area (Å²) in [6.07, 6.45) is 2.77. The number of rotatable bonds is 6. The standard InChI is InChI=1S/C17H34O3Si2/c1-10-18-16(19-21(4,5)6)15-11-12-17(3,13-14(15)2)20-22(7,8)9/h2,10-13H2,1,3-9H3/b16-15-/t17-/m0/s1. The SMILES string of the molecule is C=C1C[C@@](C)(O[Si](C)(C)C)CC/C1=C(\OCC)O[Si](C)(C)C. The molecule has 1 rings (SSSR count). The highest BCUT2D eigenvalue weighted by Gasteiger charge is 2.37. The average molecular weight is 343 g/mol. The molecule has 5 heteroatoms. The van der Waals surface area contributed by atoms with Crippen molar-refractivity contribution in [2.45, 2.75) is 78.0 Å². The summed E-state index contributed by atoms with van der Waals surface area (Å²) in [6, 6.07) is 0. The first kappa shape index (κ1) is 19.5. The van der Waals surface area contributed by atoms with Gasteiger partial charge in [0.25, 0.3) is 5.95 Å². The van der Waals surface area contributed by atoms with Crippen molar-refractivity contribution in [2.24, 2.45) is 0 Å². The van der Waals surface area contributed by atoms with Crippen LogP contribution < -0.4 is 0 Å². The minimum atomic E-state index is -1.69. The Bertz CT molecular complexity index is 444. The molecule has 0 N–H and O–H groups in total. The monoisotopic (exact) mass is 342 g/mol. The normalized spacial score (nSPS) is 25.9. The fraction of sp³-hybridized carbons (Fsp3) is 0.765. The topological polar surface area (TPSA) is 27.7 Å². The van der Waals surface area contributed by atoms with E-state index in [1.165, 1.54) is 0 Å². The van der Waals surface area contributed by atoms with E-state index < -0.39 is 16.6 Å². The van der Waals surface area contributed by atoms with E-state index in [1.807, 2.05) is 6.92 Å². The lowest BCUT2D eigenvalue weighted by Crippen LogP contribution is -2.42. The first-order chi connectivity index (χ1) is 9.85. The highest BCUT2D eigenvalue weighted by atomic mass is 28.4. The maximum atomic E-state index is 6.41. The quantitative estimate of drug-likeness (QED) is 0.475. The van der Waals surface area contributed by atoms with Crippen LogP contribution in [0.15, 0.2) is 23.7 Å². The van der Waals surface area contributed by atoms with Crippen molar-refractivity contribution in [3.63, 3.8) is 0 Å². The van der Waals surface area contributed by atoms with E-state index >= 15 is 0 Å². The van der Waals surface area contributed by atoms with E-state index in [1.54, 1.807) is 0 Å². The third-order valence-corrected chi connectivity index (χ3v) is 5.29. The summed E-state index contributed by atoms with van der Waals surface area (Å²) in [6.45, 7) is 22.4. The maximum Gasteiger partial charge on any atom is 0.268 e. The smallest absolute Gasteiger partial charge is 0.268 e. The average Bonchev–Trinajstić information content (AvgIpc) is 2.23. The minimum absolute atomic E-state index is 0.0957. The van der Waals surface area contributed by atoms with Gasteiger partial charge < -0.3 is 13.6 Å². The Morgan fingerprint density at radius 3 is 2.14 bits per heavy atom. The van der Waals surface area contributed by atoms with Gasteiger partial charge in [-0.15, -0.1) is 0 Å². The van der Waals surface area contributed by atoms with E-state index in [0.29, 0.717) is 12.6 Å². The Labute approximate surface area is 139 Å². The van der Waals surface area contributed by atoms with E-state index in [-0.39, 0.29) is 5.60 Å². The Morgan fingerprint density at radius 2 is 1.73 bits per heavy atom. The molecule has 0 unspecified atom stereocenters. The molecule has 1 atom stereocenters. The lowest BCUT2D eigenvalue weighted by molar-refractivity contribution is 0.0592. The molecule has 0 aliphatic heterocycles. The van der Waals surface area contributed by atoms with Gasteiger partial charge in [-0.25, -0.2) is 0 Å². The summed E-state index contributed by atoms with van der Waals surface area (Å²) in [7, 11) is -3.26. The first-order valence-corrected chi connectivity index (χ1v) is 15.1. The molecule has 0 heterocycles. The number of ether oxygens (including phenoxy) is 1. The van der Waals surface area contributed by atoms with Gasteiger partial charge in [-0.05, 0) is 78.0 Å². The van der Waals surface area contributed by atoms with Crippen LogP contribution in [0.2, 0.25) is 39.3 Å². The summed E-state index contributed by atoms with van der Waals surface area (Å²) >= 11 is 0. The molecule has 0 radical (unpaired) electrons. The molecule has 1 saturated carbocycles. The van der Waals surface area contributed by atoms with Gasteiger partial charge in [0.15, 0.2) is 8.32 Å². The van der Waals surface area contributed by atoms with E-state index in [2.05, 4.69) is 52.8 Å². The van der Waals surface area contributed by atoms with Crippen molar-refractivity contribution in [3.05, 3.63) is 23.7 Å². The fourth-order valence-electron chi connectivity index (χ4n) is 2.87. The molecule has 128 valence electrons. The lowest BCUT2D eigenvalue weighted by atomic mass is 9.81. The van der Waals surface area contributed by atoms with E-state index in [9.17, 15) is 0 Å². The molecule has 0 aromatic heterocycles. The van der Waals surface area contributed by atoms with Gasteiger partial charge in [0.1, 0.15) is 0 Å². The van der Waals surface area contributed by atoms with Crippen molar-refractivity contribution in [1.29, 1.82) is 0 Å². The zero-order chi connectivity index (χ0) is 17.2. The third kappa shape index (κ3) is 6.30. The van der Waals surface area contributed by atoms with Crippen molar-refractivity contribution < 1.29 is 13.6 Å². The molecule has 1 aliphatic rings. The molecule has 1 fully saturated rings. The molecule has 0 amide bonds. The van der Waals surface area contributed by atoms with Gasteiger partial charge in [0.2, 0.25) is 8.32 Å². The molecular formula is C17H34O3Si2. The Morgan fingerprint density at radius 1 is 1.14 bits per heavy atom. The predicted octanol–water partition coefficient (Wildman–Crippen LogP) is 5.44. The second kappa shape index (κ2) is 6.93. The zero-order valence-electron chi connectivity index (χ0n) is 15.8. The van der Waals surface area contributed by atoms with Gasteiger partial charge in [-0.3, -0.25) is 0 Å². The summed E-state index contributed by atoms with van der Waals surface area (Å²) in [4.78, 5) is 0. The summed E-state index contributed by atoms with van der Waals surface area (Å²) in [5.41, 5.74) is 2.16. The number of hydrogen-bond donors (Lipinski definition) is 0. The molecule has 0 bridgehead atoms. The molecule has 0 aromatic carbocycles. The third-order valence-electron chi connectivity index (χ3n) is 3.39. The molecular weight excluding hydrogens is 308 g/mol. The Hall–Kier alpha value is -0.526. The number of allylic oxidation sites excluding steroid dienone is 1. The maximum absolute atomic E-state index is 6.41. The largest absolute Gasteiger partial charge is 0.520 e. The van der Waals surface area contributed by atoms with Crippen LogP contribution in [0.25, 0.3) is 0 Å². The highest BCUT2D eigenvalue weighted by molar-refractivity contribution is 6.70. The second-order valence-electron chi connectivity index (χ2n) is 8.36. The van der Waals surface area contributed by atoms with Crippen molar-refractivity contribution in [3.8, 4) is 0 Å². The van der Waals surface area contributed by atoms with Crippen LogP contribution >= 0.6 is 0 Å². The van der Waals surface area contributed by atoms with E-state index in [4.69, 9.17) is 13.6 Å². The molecule has 3 nitrogen and oxygen atoms in total. The molecule has 0 spiro atoms. The lowest BCUT2D eigenvalue weighted by Gasteiger charge is -2.41. The van der Waals surface area contributed by atoms with Gasteiger partial charge in [0.05, 0.1) is 12.2 Å². The van der Waals surface area contributed by atoms with Crippen LogP contribution in [0.3, 0.4) is 0 Å². The van der Waals surface area contributed by atoms with Gasteiger partial charge >= 0.3 is 0 Å². The van der Waals surface area contributed by atoms with E-state index in [0.717, 1.165) is 30.4 Å². The van der Waals surface area contributed by atoms with Crippen molar-refractivity contribution >= 4 is 16.6 Å². The zero-order valence-corrected chi connectivity index (χ0v) is 17.8. The van der Waals surface area contributed by atoms with Crippen LogP contribution in [-0.4, -0.2) is 28.8 Å². The fourth-order valence-corrected chi connectivity index (χ4v) is 5.26. The molecule has 0 saturated heterocycles. The van der Waals surface area contributed by atoms with Crippen LogP contribution in [0.5, 0.6) is 0 Å². The molecule has 22 heavy (non-hydrogen) atoms. The number of hydrogen-bond acceptors (Lipinski definition) is 3. The minimum Gasteiger partial charge on any atom is -0.520 e. The summed E-state index contributed by atoms with van der Waals surface area (Å²) < 4.78 is 18.4. The summed E-state index contributed by atoms with van der Waals surface area (Å²) in [5, 5.41) is 0. The second-order valence-corrected chi connectivity index (χ2v) is 17.2. The summed E-state index contributed by atoms with van der Waals surface area (Å²) in [5.74, 6) is 0.710. The van der Waals surface area contributed by atoms with Gasteiger partial charge in [-0.1, -0.05) is 6.58 Å². The predicted molar refractivity (Wildman–Crippen MR) is 98.9 cm³/mol. The van der Waals surface area contributed by atoms with Gasteiger partial charge in [0, 0.05) is 5.57 Å². The first-order valence-electron chi connectivity index (χ1n) is 8.28. The highest BCUT2D eigenvalue weighted by Crippen LogP contribution is 2.40. The van der Waals surface area contributed by atoms with Crippen LogP contribution in [0, 0.1) is 0 Å². The molecule has 0 aromatic rings. The van der Waals surface area contributed by atoms with Crippen LogP contribution in [-0.2, 0) is 13.6 Å².